The summed E-state index contributed by atoms with van der Waals surface area (Å²) in [7, 11) is 0. The van der Waals surface area contributed by atoms with Crippen molar-refractivity contribution in [2.24, 2.45) is 35.5 Å². The van der Waals surface area contributed by atoms with E-state index in [2.05, 4.69) is 41.5 Å². The van der Waals surface area contributed by atoms with Gasteiger partial charge >= 0.3 is 0 Å². The molecule has 0 bridgehead atoms. The standard InChI is InChI=1S/C21H35NO2/c1-13(2)9-16-12-19(22-20(23)7-8-21(22)24)18(11-15(5)6)17(16)10-14(3)4/h7-8,13-19H,9-12H2,1-6H3/t16-,17-,18-,19-/m0/s1. The summed E-state index contributed by atoms with van der Waals surface area (Å²) in [6, 6.07) is 0.0925. The minimum Gasteiger partial charge on any atom is -0.272 e. The van der Waals surface area contributed by atoms with Crippen molar-refractivity contribution >= 4 is 11.8 Å². The van der Waals surface area contributed by atoms with Gasteiger partial charge in [-0.3, -0.25) is 14.5 Å². The molecule has 2 aliphatic rings. The van der Waals surface area contributed by atoms with Gasteiger partial charge < -0.3 is 0 Å². The number of hydrogen-bond donors (Lipinski definition) is 0. The molecule has 0 spiro atoms. The molecule has 24 heavy (non-hydrogen) atoms. The Balaban J connectivity index is 2.30. The third-order valence-corrected chi connectivity index (χ3v) is 5.63. The summed E-state index contributed by atoms with van der Waals surface area (Å²) >= 11 is 0. The summed E-state index contributed by atoms with van der Waals surface area (Å²) in [4.78, 5) is 26.1. The molecule has 2 rings (SSSR count). The molecule has 136 valence electrons. The lowest BCUT2D eigenvalue weighted by Gasteiger charge is -2.33. The Bertz CT molecular complexity index is 474. The number of carbonyl (C=O) groups excluding carboxylic acids is 2. The average molecular weight is 334 g/mol. The molecule has 4 atom stereocenters. The van der Waals surface area contributed by atoms with Crippen LogP contribution in [0.15, 0.2) is 12.2 Å². The van der Waals surface area contributed by atoms with Crippen LogP contribution in [0.25, 0.3) is 0 Å². The zero-order valence-electron chi connectivity index (χ0n) is 16.3. The molecule has 3 heteroatoms. The van der Waals surface area contributed by atoms with E-state index in [-0.39, 0.29) is 17.9 Å². The van der Waals surface area contributed by atoms with Crippen molar-refractivity contribution in [1.82, 2.24) is 4.90 Å². The van der Waals surface area contributed by atoms with Gasteiger partial charge in [-0.25, -0.2) is 0 Å². The van der Waals surface area contributed by atoms with Gasteiger partial charge in [0.1, 0.15) is 0 Å². The van der Waals surface area contributed by atoms with E-state index in [0.29, 0.717) is 35.5 Å². The lowest BCUT2D eigenvalue weighted by molar-refractivity contribution is -0.140. The summed E-state index contributed by atoms with van der Waals surface area (Å²) in [6.07, 6.45) is 7.39. The lowest BCUT2D eigenvalue weighted by Crippen LogP contribution is -2.43. The second-order valence-electron chi connectivity index (χ2n) is 9.16. The Labute approximate surface area is 147 Å². The first-order valence-electron chi connectivity index (χ1n) is 9.75. The molecular formula is C21H35NO2. The van der Waals surface area contributed by atoms with Crippen molar-refractivity contribution in [3.8, 4) is 0 Å². The van der Waals surface area contributed by atoms with Gasteiger partial charge in [0.25, 0.3) is 11.8 Å². The molecule has 0 saturated heterocycles. The third kappa shape index (κ3) is 4.29. The summed E-state index contributed by atoms with van der Waals surface area (Å²) in [5.41, 5.74) is 0. The van der Waals surface area contributed by atoms with E-state index in [1.54, 1.807) is 4.90 Å². The fourth-order valence-electron chi connectivity index (χ4n) is 4.99. The van der Waals surface area contributed by atoms with Gasteiger partial charge in [-0.05, 0) is 61.2 Å². The highest BCUT2D eigenvalue weighted by molar-refractivity contribution is 6.13. The van der Waals surface area contributed by atoms with Gasteiger partial charge in [0.05, 0.1) is 0 Å². The van der Waals surface area contributed by atoms with Crippen LogP contribution in [0.1, 0.15) is 67.2 Å². The highest BCUT2D eigenvalue weighted by atomic mass is 16.2. The molecule has 3 nitrogen and oxygen atoms in total. The number of nitrogens with zero attached hydrogens (tertiary/aromatic N) is 1. The summed E-state index contributed by atoms with van der Waals surface area (Å²) < 4.78 is 0. The highest BCUT2D eigenvalue weighted by Gasteiger charge is 2.48. The summed E-state index contributed by atoms with van der Waals surface area (Å²) in [5, 5.41) is 0. The van der Waals surface area contributed by atoms with Crippen molar-refractivity contribution in [3.05, 3.63) is 12.2 Å². The van der Waals surface area contributed by atoms with Crippen molar-refractivity contribution in [3.63, 3.8) is 0 Å². The Morgan fingerprint density at radius 2 is 1.29 bits per heavy atom. The Hall–Kier alpha value is -1.12. The second-order valence-corrected chi connectivity index (χ2v) is 9.16. The fourth-order valence-corrected chi connectivity index (χ4v) is 4.99. The number of carbonyl (C=O) groups is 2. The molecule has 0 aromatic rings. The van der Waals surface area contributed by atoms with E-state index in [1.165, 1.54) is 25.0 Å². The molecule has 0 aromatic heterocycles. The van der Waals surface area contributed by atoms with Crippen LogP contribution >= 0.6 is 0 Å². The Morgan fingerprint density at radius 1 is 0.833 bits per heavy atom. The highest BCUT2D eigenvalue weighted by Crippen LogP contribution is 2.48. The largest absolute Gasteiger partial charge is 0.272 e. The first-order chi connectivity index (χ1) is 11.2. The molecule has 0 N–H and O–H groups in total. The van der Waals surface area contributed by atoms with Gasteiger partial charge in [-0.1, -0.05) is 41.5 Å². The third-order valence-electron chi connectivity index (χ3n) is 5.63. The van der Waals surface area contributed by atoms with Crippen LogP contribution in [-0.4, -0.2) is 22.8 Å². The Kier molecular flexibility index (Phi) is 6.28. The van der Waals surface area contributed by atoms with E-state index >= 15 is 0 Å². The molecule has 1 aliphatic heterocycles. The number of rotatable bonds is 7. The monoisotopic (exact) mass is 333 g/mol. The molecular weight excluding hydrogens is 298 g/mol. The first kappa shape index (κ1) is 19.2. The normalized spacial score (nSPS) is 30.6. The van der Waals surface area contributed by atoms with Gasteiger partial charge in [0.2, 0.25) is 0 Å². The number of imide groups is 1. The number of hydrogen-bond acceptors (Lipinski definition) is 2. The fraction of sp³-hybridized carbons (Fsp3) is 0.810. The summed E-state index contributed by atoms with van der Waals surface area (Å²) in [6.45, 7) is 13.7. The predicted octanol–water partition coefficient (Wildman–Crippen LogP) is 4.67. The number of amides is 2. The molecule has 1 fully saturated rings. The van der Waals surface area contributed by atoms with Crippen molar-refractivity contribution in [2.45, 2.75) is 73.3 Å². The van der Waals surface area contributed by atoms with E-state index in [9.17, 15) is 9.59 Å². The van der Waals surface area contributed by atoms with Crippen molar-refractivity contribution in [1.29, 1.82) is 0 Å². The van der Waals surface area contributed by atoms with Crippen LogP contribution in [0.4, 0.5) is 0 Å². The molecule has 1 aliphatic carbocycles. The molecule has 0 radical (unpaired) electrons. The van der Waals surface area contributed by atoms with Crippen LogP contribution in [0.3, 0.4) is 0 Å². The van der Waals surface area contributed by atoms with Gasteiger partial charge in [0.15, 0.2) is 0 Å². The molecule has 2 amide bonds. The van der Waals surface area contributed by atoms with Crippen LogP contribution < -0.4 is 0 Å². The first-order valence-corrected chi connectivity index (χ1v) is 9.75. The summed E-state index contributed by atoms with van der Waals surface area (Å²) in [5.74, 6) is 3.39. The van der Waals surface area contributed by atoms with Gasteiger partial charge in [-0.2, -0.15) is 0 Å². The second kappa shape index (κ2) is 7.84. The van der Waals surface area contributed by atoms with Crippen LogP contribution in [-0.2, 0) is 9.59 Å². The smallest absolute Gasteiger partial charge is 0.253 e. The zero-order valence-corrected chi connectivity index (χ0v) is 16.3. The molecule has 1 heterocycles. The topological polar surface area (TPSA) is 37.4 Å². The maximum absolute atomic E-state index is 12.3. The quantitative estimate of drug-likeness (QED) is 0.635. The minimum absolute atomic E-state index is 0.0925. The van der Waals surface area contributed by atoms with Gasteiger partial charge in [0, 0.05) is 18.2 Å². The maximum atomic E-state index is 12.3. The van der Waals surface area contributed by atoms with Crippen molar-refractivity contribution < 1.29 is 9.59 Å². The lowest BCUT2D eigenvalue weighted by atomic mass is 9.76. The Morgan fingerprint density at radius 3 is 1.75 bits per heavy atom. The van der Waals surface area contributed by atoms with E-state index in [1.807, 2.05) is 0 Å². The molecule has 0 aromatic carbocycles. The zero-order chi connectivity index (χ0) is 18.0. The van der Waals surface area contributed by atoms with Crippen LogP contribution in [0.2, 0.25) is 0 Å². The van der Waals surface area contributed by atoms with E-state index in [0.717, 1.165) is 12.8 Å². The van der Waals surface area contributed by atoms with E-state index < -0.39 is 0 Å². The average Bonchev–Trinajstić information content (AvgIpc) is 2.91. The van der Waals surface area contributed by atoms with Crippen LogP contribution in [0, 0.1) is 35.5 Å². The SMILES string of the molecule is CC(C)C[C@H]1C[C@H](N2C(=O)C=CC2=O)[C@@H](CC(C)C)[C@H]1CC(C)C. The van der Waals surface area contributed by atoms with Crippen molar-refractivity contribution in [2.75, 3.05) is 0 Å². The predicted molar refractivity (Wildman–Crippen MR) is 98.2 cm³/mol. The van der Waals surface area contributed by atoms with E-state index in [4.69, 9.17) is 0 Å². The molecule has 1 saturated carbocycles. The van der Waals surface area contributed by atoms with Crippen LogP contribution in [0.5, 0.6) is 0 Å². The van der Waals surface area contributed by atoms with Gasteiger partial charge in [-0.15, -0.1) is 0 Å². The molecule has 0 unspecified atom stereocenters. The maximum Gasteiger partial charge on any atom is 0.253 e. The minimum atomic E-state index is -0.104.